The minimum absolute atomic E-state index is 0.645. The molecule has 0 fully saturated rings. The minimum Gasteiger partial charge on any atom is -0.313 e. The zero-order chi connectivity index (χ0) is 13.1. The maximum Gasteiger partial charge on any atom is 0.154 e. The van der Waals surface area contributed by atoms with Crippen LogP contribution in [0.25, 0.3) is 0 Å². The van der Waals surface area contributed by atoms with Crippen LogP contribution >= 0.6 is 0 Å². The molecule has 102 valence electrons. The van der Waals surface area contributed by atoms with E-state index in [2.05, 4.69) is 37.3 Å². The Labute approximate surface area is 112 Å². The topological polar surface area (TPSA) is 73.5 Å². The Morgan fingerprint density at radius 1 is 1.26 bits per heavy atom. The summed E-state index contributed by atoms with van der Waals surface area (Å²) in [7, 11) is 0. The zero-order valence-electron chi connectivity index (χ0n) is 11.2. The summed E-state index contributed by atoms with van der Waals surface area (Å²) in [5, 5.41) is 20.0. The quantitative estimate of drug-likeness (QED) is 0.841. The molecule has 1 N–H and O–H groups in total. The molecular weight excluding hydrogens is 242 g/mol. The van der Waals surface area contributed by atoms with Gasteiger partial charge in [-0.1, -0.05) is 12.1 Å². The highest BCUT2D eigenvalue weighted by atomic mass is 15.4. The lowest BCUT2D eigenvalue weighted by Gasteiger charge is -2.14. The third-order valence-corrected chi connectivity index (χ3v) is 3.38. The second-order valence-corrected chi connectivity index (χ2v) is 4.83. The standard InChI is InChI=1S/C12H19N7/c1-2-13-7-10-8-18(17-14-10)9-12-16-15-11-5-3-4-6-19(11)12/h8,13H,2-7,9H2,1H3. The predicted octanol–water partition coefficient (Wildman–Crippen LogP) is 0.364. The van der Waals surface area contributed by atoms with Crippen LogP contribution in [0.5, 0.6) is 0 Å². The number of nitrogens with zero attached hydrogens (tertiary/aromatic N) is 6. The average molecular weight is 261 g/mol. The van der Waals surface area contributed by atoms with Crippen LogP contribution in [0.3, 0.4) is 0 Å². The van der Waals surface area contributed by atoms with Crippen LogP contribution in [0.1, 0.15) is 37.1 Å². The maximum atomic E-state index is 4.27. The van der Waals surface area contributed by atoms with Gasteiger partial charge in [0.25, 0.3) is 0 Å². The van der Waals surface area contributed by atoms with Crippen LogP contribution < -0.4 is 5.32 Å². The minimum atomic E-state index is 0.645. The van der Waals surface area contributed by atoms with Gasteiger partial charge in [0, 0.05) is 19.5 Å². The molecular formula is C12H19N7. The van der Waals surface area contributed by atoms with Gasteiger partial charge < -0.3 is 9.88 Å². The largest absolute Gasteiger partial charge is 0.313 e. The number of nitrogens with one attached hydrogen (secondary N) is 1. The van der Waals surface area contributed by atoms with Gasteiger partial charge in [0.05, 0.1) is 11.9 Å². The Hall–Kier alpha value is -1.76. The van der Waals surface area contributed by atoms with Crippen molar-refractivity contribution in [3.8, 4) is 0 Å². The Morgan fingerprint density at radius 2 is 2.21 bits per heavy atom. The second kappa shape index (κ2) is 5.48. The van der Waals surface area contributed by atoms with Crippen molar-refractivity contribution in [3.63, 3.8) is 0 Å². The Balaban J connectivity index is 1.71. The van der Waals surface area contributed by atoms with E-state index in [-0.39, 0.29) is 0 Å². The van der Waals surface area contributed by atoms with Crippen LogP contribution in [-0.2, 0) is 26.1 Å². The van der Waals surface area contributed by atoms with E-state index in [0.29, 0.717) is 6.54 Å². The van der Waals surface area contributed by atoms with E-state index < -0.39 is 0 Å². The van der Waals surface area contributed by atoms with Gasteiger partial charge in [-0.05, 0) is 19.4 Å². The molecule has 0 saturated heterocycles. The molecule has 2 aromatic heterocycles. The summed E-state index contributed by atoms with van der Waals surface area (Å²) in [4.78, 5) is 0. The van der Waals surface area contributed by atoms with Gasteiger partial charge in [-0.25, -0.2) is 4.68 Å². The van der Waals surface area contributed by atoms with E-state index in [1.165, 1.54) is 12.8 Å². The molecule has 0 aliphatic carbocycles. The molecule has 19 heavy (non-hydrogen) atoms. The van der Waals surface area contributed by atoms with Gasteiger partial charge in [0.1, 0.15) is 12.4 Å². The van der Waals surface area contributed by atoms with Crippen molar-refractivity contribution < 1.29 is 0 Å². The molecule has 1 aliphatic rings. The van der Waals surface area contributed by atoms with Gasteiger partial charge in [-0.2, -0.15) is 0 Å². The van der Waals surface area contributed by atoms with E-state index in [4.69, 9.17) is 0 Å². The molecule has 1 aliphatic heterocycles. The van der Waals surface area contributed by atoms with E-state index >= 15 is 0 Å². The van der Waals surface area contributed by atoms with Crippen molar-refractivity contribution in [2.24, 2.45) is 0 Å². The van der Waals surface area contributed by atoms with Crippen molar-refractivity contribution >= 4 is 0 Å². The van der Waals surface area contributed by atoms with Gasteiger partial charge in [0.15, 0.2) is 5.82 Å². The summed E-state index contributed by atoms with van der Waals surface area (Å²) < 4.78 is 4.05. The summed E-state index contributed by atoms with van der Waals surface area (Å²) in [6.07, 6.45) is 5.43. The smallest absolute Gasteiger partial charge is 0.154 e. The molecule has 0 spiro atoms. The SMILES string of the molecule is CCNCc1cn(Cc2nnc3n2CCCC3)nn1. The summed E-state index contributed by atoms with van der Waals surface area (Å²) in [5.41, 5.74) is 0.959. The van der Waals surface area contributed by atoms with Crippen LogP contribution in [0.2, 0.25) is 0 Å². The average Bonchev–Trinajstić information content (AvgIpc) is 3.05. The third kappa shape index (κ3) is 2.65. The summed E-state index contributed by atoms with van der Waals surface area (Å²) in [6, 6.07) is 0. The lowest BCUT2D eigenvalue weighted by molar-refractivity contribution is 0.493. The van der Waals surface area contributed by atoms with Crippen LogP contribution in [0.4, 0.5) is 0 Å². The van der Waals surface area contributed by atoms with Crippen molar-refractivity contribution in [2.45, 2.75) is 45.8 Å². The van der Waals surface area contributed by atoms with E-state index in [0.717, 1.165) is 43.4 Å². The first kappa shape index (κ1) is 12.3. The number of aromatic nitrogens is 6. The number of rotatable bonds is 5. The highest BCUT2D eigenvalue weighted by Crippen LogP contribution is 2.14. The Kier molecular flexibility index (Phi) is 3.54. The predicted molar refractivity (Wildman–Crippen MR) is 69.5 cm³/mol. The summed E-state index contributed by atoms with van der Waals surface area (Å²) >= 11 is 0. The molecule has 7 heteroatoms. The molecule has 3 rings (SSSR count). The fourth-order valence-corrected chi connectivity index (χ4v) is 2.38. The molecule has 0 saturated carbocycles. The van der Waals surface area contributed by atoms with E-state index in [1.807, 2.05) is 10.9 Å². The molecule has 7 nitrogen and oxygen atoms in total. The van der Waals surface area contributed by atoms with E-state index in [1.54, 1.807) is 0 Å². The lowest BCUT2D eigenvalue weighted by Crippen LogP contribution is -2.15. The molecule has 0 aromatic carbocycles. The summed E-state index contributed by atoms with van der Waals surface area (Å²) in [6.45, 7) is 5.44. The molecule has 0 bridgehead atoms. The van der Waals surface area contributed by atoms with Gasteiger partial charge in [0.2, 0.25) is 0 Å². The van der Waals surface area contributed by atoms with E-state index in [9.17, 15) is 0 Å². The summed E-state index contributed by atoms with van der Waals surface area (Å²) in [5.74, 6) is 2.09. The van der Waals surface area contributed by atoms with Crippen LogP contribution in [0, 0.1) is 0 Å². The fourth-order valence-electron chi connectivity index (χ4n) is 2.38. The normalized spacial score (nSPS) is 14.6. The van der Waals surface area contributed by atoms with Gasteiger partial charge in [-0.3, -0.25) is 0 Å². The highest BCUT2D eigenvalue weighted by Gasteiger charge is 2.16. The van der Waals surface area contributed by atoms with Crippen molar-refractivity contribution in [3.05, 3.63) is 23.5 Å². The highest BCUT2D eigenvalue weighted by molar-refractivity contribution is 5.00. The first-order valence-corrected chi connectivity index (χ1v) is 6.87. The number of hydrogen-bond donors (Lipinski definition) is 1. The molecule has 2 aromatic rings. The zero-order valence-corrected chi connectivity index (χ0v) is 11.2. The van der Waals surface area contributed by atoms with Crippen LogP contribution in [-0.4, -0.2) is 36.3 Å². The Bertz CT molecular complexity index is 542. The number of fused-ring (bicyclic) bond motifs is 1. The fraction of sp³-hybridized carbons (Fsp3) is 0.667. The maximum absolute atomic E-state index is 4.27. The second-order valence-electron chi connectivity index (χ2n) is 4.83. The lowest BCUT2D eigenvalue weighted by atomic mass is 10.2. The molecule has 3 heterocycles. The number of aryl methyl sites for hydroxylation is 1. The monoisotopic (exact) mass is 261 g/mol. The Morgan fingerprint density at radius 3 is 3.11 bits per heavy atom. The first-order valence-electron chi connectivity index (χ1n) is 6.87. The first-order chi connectivity index (χ1) is 9.36. The molecule has 0 amide bonds. The molecule has 0 radical (unpaired) electrons. The van der Waals surface area contributed by atoms with Gasteiger partial charge >= 0.3 is 0 Å². The van der Waals surface area contributed by atoms with Crippen LogP contribution in [0.15, 0.2) is 6.20 Å². The molecule has 0 atom stereocenters. The molecule has 0 unspecified atom stereocenters. The van der Waals surface area contributed by atoms with Crippen molar-refractivity contribution in [1.82, 2.24) is 35.1 Å². The third-order valence-electron chi connectivity index (χ3n) is 3.38. The number of hydrogen-bond acceptors (Lipinski definition) is 5. The van der Waals surface area contributed by atoms with Gasteiger partial charge in [-0.15, -0.1) is 15.3 Å². The van der Waals surface area contributed by atoms with Crippen molar-refractivity contribution in [2.75, 3.05) is 6.54 Å². The van der Waals surface area contributed by atoms with Crippen molar-refractivity contribution in [1.29, 1.82) is 0 Å².